The van der Waals surface area contributed by atoms with Crippen LogP contribution in [0.3, 0.4) is 0 Å². The molecule has 0 amide bonds. The van der Waals surface area contributed by atoms with E-state index in [4.69, 9.17) is 4.74 Å². The third kappa shape index (κ3) is 2.54. The third-order valence-corrected chi connectivity index (χ3v) is 8.97. The van der Waals surface area contributed by atoms with E-state index in [9.17, 15) is 0 Å². The first kappa shape index (κ1) is 21.3. The number of fused-ring (bicyclic) bond motifs is 7. The van der Waals surface area contributed by atoms with Crippen molar-refractivity contribution >= 4 is 50.8 Å². The summed E-state index contributed by atoms with van der Waals surface area (Å²) in [4.78, 5) is 2.46. The Hall–Kier alpha value is -4.70. The third-order valence-electron chi connectivity index (χ3n) is 8.97. The Bertz CT molecular complexity index is 2040. The van der Waals surface area contributed by atoms with Crippen molar-refractivity contribution in [2.24, 2.45) is 0 Å². The lowest BCUT2D eigenvalue weighted by atomic mass is 9.35. The van der Waals surface area contributed by atoms with Gasteiger partial charge in [0.05, 0.1) is 16.9 Å². The first-order valence-electron chi connectivity index (χ1n) is 13.7. The van der Waals surface area contributed by atoms with Gasteiger partial charge in [-0.25, -0.2) is 0 Å². The van der Waals surface area contributed by atoms with E-state index in [-0.39, 0.29) is 12.1 Å². The smallest absolute Gasteiger partial charge is 0.296 e. The highest BCUT2D eigenvalue weighted by Gasteiger charge is 2.51. The van der Waals surface area contributed by atoms with Crippen LogP contribution in [0.5, 0.6) is 5.75 Å². The summed E-state index contributed by atoms with van der Waals surface area (Å²) in [6.45, 7) is 4.68. The number of rotatable bonds is 1. The Morgan fingerprint density at radius 1 is 0.667 bits per heavy atom. The second kappa shape index (κ2) is 7.24. The van der Waals surface area contributed by atoms with Crippen LogP contribution in [0.25, 0.3) is 27.5 Å². The summed E-state index contributed by atoms with van der Waals surface area (Å²) in [7, 11) is 0. The van der Waals surface area contributed by atoms with Gasteiger partial charge in [0, 0.05) is 44.3 Å². The van der Waals surface area contributed by atoms with Crippen LogP contribution in [-0.4, -0.2) is 11.3 Å². The lowest BCUT2D eigenvalue weighted by Crippen LogP contribution is -2.58. The fourth-order valence-corrected chi connectivity index (χ4v) is 7.41. The van der Waals surface area contributed by atoms with Crippen molar-refractivity contribution in [3.05, 3.63) is 132 Å². The van der Waals surface area contributed by atoms with E-state index in [0.717, 1.165) is 17.1 Å². The van der Waals surface area contributed by atoms with Gasteiger partial charge in [-0.3, -0.25) is 0 Å². The molecule has 6 aromatic rings. The fourth-order valence-electron chi connectivity index (χ4n) is 7.41. The molecule has 0 aliphatic carbocycles. The van der Waals surface area contributed by atoms with E-state index in [1.54, 1.807) is 0 Å². The zero-order valence-electron chi connectivity index (χ0n) is 21.8. The van der Waals surface area contributed by atoms with Crippen molar-refractivity contribution in [2.45, 2.75) is 19.3 Å². The maximum atomic E-state index is 7.02. The molecule has 4 heteroatoms. The minimum Gasteiger partial charge on any atom is -0.469 e. The molecule has 3 aliphatic heterocycles. The Morgan fingerprint density at radius 3 is 2.28 bits per heavy atom. The molecule has 3 nitrogen and oxygen atoms in total. The topological polar surface area (TPSA) is 17.4 Å². The number of allylic oxidation sites excluding steroid dienone is 1. The Morgan fingerprint density at radius 2 is 1.38 bits per heavy atom. The number of nitrogens with zero attached hydrogens (tertiary/aromatic N) is 2. The number of aromatic nitrogens is 1. The maximum absolute atomic E-state index is 7.02. The zero-order valence-corrected chi connectivity index (χ0v) is 21.8. The molecule has 0 bridgehead atoms. The van der Waals surface area contributed by atoms with Crippen molar-refractivity contribution in [2.75, 3.05) is 4.90 Å². The Kier molecular flexibility index (Phi) is 3.94. The van der Waals surface area contributed by atoms with Crippen molar-refractivity contribution in [1.29, 1.82) is 0 Å². The predicted octanol–water partition coefficient (Wildman–Crippen LogP) is 6.98. The van der Waals surface area contributed by atoms with Crippen LogP contribution in [0.4, 0.5) is 11.4 Å². The van der Waals surface area contributed by atoms with Crippen molar-refractivity contribution in [1.82, 2.24) is 4.57 Å². The largest absolute Gasteiger partial charge is 0.469 e. The summed E-state index contributed by atoms with van der Waals surface area (Å²) in [5.41, 5.74) is 11.9. The van der Waals surface area contributed by atoms with Gasteiger partial charge in [-0.2, -0.15) is 0 Å². The summed E-state index contributed by atoms with van der Waals surface area (Å²) in [6.07, 6.45) is 0. The molecule has 0 unspecified atom stereocenters. The Balaban J connectivity index is 1.47. The fraction of sp³-hybridized carbons (Fsp3) is 0.0857. The molecule has 0 spiro atoms. The highest BCUT2D eigenvalue weighted by molar-refractivity contribution is 6.94. The van der Waals surface area contributed by atoms with Crippen LogP contribution in [0.1, 0.15) is 19.4 Å². The summed E-state index contributed by atoms with van der Waals surface area (Å²) >= 11 is 0. The average molecular weight is 500 g/mol. The Labute approximate surface area is 227 Å². The molecule has 0 atom stereocenters. The lowest BCUT2D eigenvalue weighted by Gasteiger charge is -2.48. The summed E-state index contributed by atoms with van der Waals surface area (Å²) in [5.74, 6) is 0.952. The molecule has 0 radical (unpaired) electrons. The molecule has 0 N–H and O–H groups in total. The monoisotopic (exact) mass is 500 g/mol. The number of hydrogen-bond donors (Lipinski definition) is 0. The molecule has 0 saturated carbocycles. The summed E-state index contributed by atoms with van der Waals surface area (Å²) in [6, 6.07) is 41.7. The molecule has 3 aliphatic rings. The SMILES string of the molecule is CC1(C)C2=C(Oc3ccccc31)B1c3c(cccc3-n3c4ccccc4c4cccc1c43)N2c1ccccc1. The van der Waals surface area contributed by atoms with E-state index in [1.807, 2.05) is 0 Å². The van der Waals surface area contributed by atoms with Crippen LogP contribution in [0, 0.1) is 0 Å². The van der Waals surface area contributed by atoms with Gasteiger partial charge in [-0.15, -0.1) is 0 Å². The molecule has 0 fully saturated rings. The van der Waals surface area contributed by atoms with E-state index >= 15 is 0 Å². The number of ether oxygens (including phenoxy) is 1. The minimum absolute atomic E-state index is 0.000643. The normalized spacial score (nSPS) is 16.2. The van der Waals surface area contributed by atoms with Gasteiger partial charge in [0.25, 0.3) is 6.71 Å². The van der Waals surface area contributed by atoms with Gasteiger partial charge < -0.3 is 14.2 Å². The molecule has 0 saturated heterocycles. The van der Waals surface area contributed by atoms with Crippen LogP contribution in [0.2, 0.25) is 0 Å². The van der Waals surface area contributed by atoms with Crippen LogP contribution >= 0.6 is 0 Å². The van der Waals surface area contributed by atoms with Crippen molar-refractivity contribution < 1.29 is 4.74 Å². The molecular formula is C35H25BN2O. The van der Waals surface area contributed by atoms with Gasteiger partial charge in [0.2, 0.25) is 0 Å². The molecular weight excluding hydrogens is 475 g/mol. The summed E-state index contributed by atoms with van der Waals surface area (Å²) < 4.78 is 9.50. The van der Waals surface area contributed by atoms with Crippen LogP contribution in [0.15, 0.2) is 127 Å². The van der Waals surface area contributed by atoms with E-state index in [1.165, 1.54) is 55.4 Å². The van der Waals surface area contributed by atoms with Gasteiger partial charge in [0.15, 0.2) is 0 Å². The summed E-state index contributed by atoms with van der Waals surface area (Å²) in [5, 5.41) is 2.58. The maximum Gasteiger partial charge on any atom is 0.296 e. The molecule has 9 rings (SSSR count). The van der Waals surface area contributed by atoms with Gasteiger partial charge in [-0.1, -0.05) is 78.9 Å². The highest BCUT2D eigenvalue weighted by atomic mass is 16.5. The highest BCUT2D eigenvalue weighted by Crippen LogP contribution is 2.51. The number of para-hydroxylation sites is 4. The molecule has 5 aromatic carbocycles. The lowest BCUT2D eigenvalue weighted by molar-refractivity contribution is 0.391. The molecule has 39 heavy (non-hydrogen) atoms. The average Bonchev–Trinajstić information content (AvgIpc) is 3.31. The van der Waals surface area contributed by atoms with Gasteiger partial charge in [-0.05, 0) is 61.2 Å². The van der Waals surface area contributed by atoms with Crippen LogP contribution in [-0.2, 0) is 5.41 Å². The molecule has 4 heterocycles. The molecule has 184 valence electrons. The zero-order chi connectivity index (χ0) is 25.9. The number of benzene rings is 5. The standard InChI is InChI=1S/C35H25BN2O/c1-35(2)25-16-7-9-21-30(25)39-34-33(35)37(22-12-4-3-5-13-22)28-19-11-20-29-31(28)36(34)26-17-10-15-24-23-14-6-8-18-27(23)38(29)32(24)26/h3-21H,1-2H3. The van der Waals surface area contributed by atoms with Crippen LogP contribution < -0.4 is 20.6 Å². The first-order chi connectivity index (χ1) is 19.1. The van der Waals surface area contributed by atoms with Gasteiger partial charge >= 0.3 is 0 Å². The minimum atomic E-state index is -0.272. The number of hydrogen-bond acceptors (Lipinski definition) is 2. The first-order valence-corrected chi connectivity index (χ1v) is 13.7. The van der Waals surface area contributed by atoms with E-state index in [0.29, 0.717) is 0 Å². The number of anilines is 2. The van der Waals surface area contributed by atoms with Crippen molar-refractivity contribution in [3.63, 3.8) is 0 Å². The molecule has 1 aromatic heterocycles. The van der Waals surface area contributed by atoms with E-state index in [2.05, 4.69) is 139 Å². The van der Waals surface area contributed by atoms with Crippen molar-refractivity contribution in [3.8, 4) is 11.4 Å². The second-order valence-corrected chi connectivity index (χ2v) is 11.3. The quantitative estimate of drug-likeness (QED) is 0.227. The van der Waals surface area contributed by atoms with Gasteiger partial charge in [0.1, 0.15) is 5.75 Å². The predicted molar refractivity (Wildman–Crippen MR) is 162 cm³/mol. The second-order valence-electron chi connectivity index (χ2n) is 11.3. The van der Waals surface area contributed by atoms with E-state index < -0.39 is 0 Å².